The summed E-state index contributed by atoms with van der Waals surface area (Å²) < 4.78 is 15.7. The fourth-order valence-corrected chi connectivity index (χ4v) is 5.57. The SMILES string of the molecule is CCN(CC)c1nc2ccc(-c3nc(Nc4ccc(C(=O)N5CCN(C(C)=O)CC5)cn4)ncc3F)cc2s1. The van der Waals surface area contributed by atoms with Gasteiger partial charge in [-0.25, -0.2) is 24.3 Å². The molecule has 1 N–H and O–H groups in total. The van der Waals surface area contributed by atoms with Gasteiger partial charge in [0, 0.05) is 58.0 Å². The maximum atomic E-state index is 14.8. The summed E-state index contributed by atoms with van der Waals surface area (Å²) in [6, 6.07) is 8.90. The number of nitrogens with zero attached hydrogens (tertiary/aromatic N) is 7. The van der Waals surface area contributed by atoms with Crippen molar-refractivity contribution in [2.24, 2.45) is 0 Å². The average Bonchev–Trinajstić information content (AvgIpc) is 3.38. The van der Waals surface area contributed by atoms with Crippen LogP contribution in [0.25, 0.3) is 21.5 Å². The number of halogens is 1. The molecule has 4 aromatic rings. The van der Waals surface area contributed by atoms with Crippen LogP contribution in [0, 0.1) is 5.82 Å². The fourth-order valence-electron chi connectivity index (χ4n) is 4.43. The number of benzene rings is 1. The Bertz CT molecular complexity index is 1500. The minimum Gasteiger partial charge on any atom is -0.349 e. The molecular formula is C27H29FN8O2S. The van der Waals surface area contributed by atoms with E-state index < -0.39 is 5.82 Å². The molecule has 12 heteroatoms. The Morgan fingerprint density at radius 1 is 1.00 bits per heavy atom. The smallest absolute Gasteiger partial charge is 0.255 e. The lowest BCUT2D eigenvalue weighted by Crippen LogP contribution is -2.50. The third kappa shape index (κ3) is 5.65. The molecule has 1 saturated heterocycles. The minimum atomic E-state index is -0.535. The van der Waals surface area contributed by atoms with Gasteiger partial charge in [0.15, 0.2) is 10.9 Å². The highest BCUT2D eigenvalue weighted by Crippen LogP contribution is 2.32. The monoisotopic (exact) mass is 548 g/mol. The number of carbonyl (C=O) groups is 2. The number of fused-ring (bicyclic) bond motifs is 1. The van der Waals surface area contributed by atoms with Crippen molar-refractivity contribution in [1.82, 2.24) is 29.7 Å². The van der Waals surface area contributed by atoms with Gasteiger partial charge in [-0.05, 0) is 38.1 Å². The van der Waals surface area contributed by atoms with Crippen LogP contribution in [0.15, 0.2) is 42.7 Å². The number of rotatable bonds is 7. The molecular weight excluding hydrogens is 519 g/mol. The highest BCUT2D eigenvalue weighted by molar-refractivity contribution is 7.22. The van der Waals surface area contributed by atoms with Crippen molar-refractivity contribution >= 4 is 50.3 Å². The van der Waals surface area contributed by atoms with E-state index >= 15 is 0 Å². The summed E-state index contributed by atoms with van der Waals surface area (Å²) in [7, 11) is 0. The normalized spacial score (nSPS) is 13.5. The summed E-state index contributed by atoms with van der Waals surface area (Å²) >= 11 is 1.57. The predicted molar refractivity (Wildman–Crippen MR) is 150 cm³/mol. The first-order chi connectivity index (χ1) is 18.9. The quantitative estimate of drug-likeness (QED) is 0.367. The summed E-state index contributed by atoms with van der Waals surface area (Å²) in [5, 5.41) is 3.93. The number of amides is 2. The second-order valence-electron chi connectivity index (χ2n) is 9.10. The number of carbonyl (C=O) groups excluding carboxylic acids is 2. The topological polar surface area (TPSA) is 107 Å². The first kappa shape index (κ1) is 26.4. The summed E-state index contributed by atoms with van der Waals surface area (Å²) in [5.41, 5.74) is 2.10. The molecule has 1 aromatic carbocycles. The molecule has 0 spiro atoms. The fraction of sp³-hybridized carbons (Fsp3) is 0.333. The standard InChI is InChI=1S/C27H29FN8O2S/c1-4-34(5-2)27-31-21-8-6-18(14-22(21)39-27)24-20(28)16-30-26(33-24)32-23-9-7-19(15-29-23)25(38)36-12-10-35(11-13-36)17(3)37/h6-9,14-16H,4-5,10-13H2,1-3H3,(H,29,30,32,33). The maximum absolute atomic E-state index is 14.8. The highest BCUT2D eigenvalue weighted by atomic mass is 32.1. The van der Waals surface area contributed by atoms with Crippen LogP contribution in [-0.2, 0) is 4.79 Å². The molecule has 0 saturated carbocycles. The number of hydrogen-bond donors (Lipinski definition) is 1. The second kappa shape index (κ2) is 11.3. The van der Waals surface area contributed by atoms with Crippen LogP contribution in [0.4, 0.5) is 21.3 Å². The van der Waals surface area contributed by atoms with Crippen molar-refractivity contribution in [2.75, 3.05) is 49.5 Å². The molecule has 2 amide bonds. The third-order valence-electron chi connectivity index (χ3n) is 6.69. The molecule has 0 radical (unpaired) electrons. The van der Waals surface area contributed by atoms with Crippen molar-refractivity contribution in [2.45, 2.75) is 20.8 Å². The number of pyridine rings is 1. The Morgan fingerprint density at radius 2 is 1.74 bits per heavy atom. The molecule has 39 heavy (non-hydrogen) atoms. The highest BCUT2D eigenvalue weighted by Gasteiger charge is 2.23. The van der Waals surface area contributed by atoms with Crippen LogP contribution >= 0.6 is 11.3 Å². The zero-order valence-electron chi connectivity index (χ0n) is 22.0. The Balaban J connectivity index is 1.30. The minimum absolute atomic E-state index is 0.0128. The predicted octanol–water partition coefficient (Wildman–Crippen LogP) is 4.18. The van der Waals surface area contributed by atoms with Gasteiger partial charge in [0.25, 0.3) is 5.91 Å². The van der Waals surface area contributed by atoms with Crippen molar-refractivity contribution in [3.63, 3.8) is 0 Å². The van der Waals surface area contributed by atoms with E-state index in [-0.39, 0.29) is 23.5 Å². The van der Waals surface area contributed by atoms with Gasteiger partial charge in [-0.15, -0.1) is 0 Å². The van der Waals surface area contributed by atoms with Gasteiger partial charge in [0.2, 0.25) is 11.9 Å². The summed E-state index contributed by atoms with van der Waals surface area (Å²) in [4.78, 5) is 47.5. The first-order valence-corrected chi connectivity index (χ1v) is 13.6. The molecule has 1 fully saturated rings. The number of aromatic nitrogens is 4. The Hall–Kier alpha value is -4.19. The van der Waals surface area contributed by atoms with E-state index in [1.807, 2.05) is 12.1 Å². The number of anilines is 3. The van der Waals surface area contributed by atoms with Crippen LogP contribution < -0.4 is 10.2 Å². The largest absolute Gasteiger partial charge is 0.349 e. The van der Waals surface area contributed by atoms with Gasteiger partial charge in [-0.2, -0.15) is 0 Å². The van der Waals surface area contributed by atoms with E-state index in [4.69, 9.17) is 4.98 Å². The summed E-state index contributed by atoms with van der Waals surface area (Å²) in [5.74, 6) is -0.0509. The van der Waals surface area contributed by atoms with Crippen molar-refractivity contribution < 1.29 is 14.0 Å². The van der Waals surface area contributed by atoms with E-state index in [2.05, 4.69) is 39.0 Å². The molecule has 1 aliphatic rings. The van der Waals surface area contributed by atoms with E-state index in [1.165, 1.54) is 13.1 Å². The molecule has 202 valence electrons. The molecule has 0 unspecified atom stereocenters. The Labute approximate surface area is 229 Å². The van der Waals surface area contributed by atoms with Crippen molar-refractivity contribution in [1.29, 1.82) is 0 Å². The number of thiazole rings is 1. The van der Waals surface area contributed by atoms with Crippen LogP contribution in [0.2, 0.25) is 0 Å². The van der Waals surface area contributed by atoms with E-state index in [0.29, 0.717) is 43.1 Å². The lowest BCUT2D eigenvalue weighted by molar-refractivity contribution is -0.130. The number of piperazine rings is 1. The van der Waals surface area contributed by atoms with E-state index in [9.17, 15) is 14.0 Å². The molecule has 1 aliphatic heterocycles. The van der Waals surface area contributed by atoms with Gasteiger partial charge >= 0.3 is 0 Å². The lowest BCUT2D eigenvalue weighted by atomic mass is 10.1. The Morgan fingerprint density at radius 3 is 2.41 bits per heavy atom. The number of hydrogen-bond acceptors (Lipinski definition) is 9. The van der Waals surface area contributed by atoms with E-state index in [1.54, 1.807) is 39.3 Å². The first-order valence-electron chi connectivity index (χ1n) is 12.8. The van der Waals surface area contributed by atoms with Crippen LogP contribution in [-0.4, -0.2) is 80.8 Å². The zero-order chi connectivity index (χ0) is 27.5. The van der Waals surface area contributed by atoms with Crippen LogP contribution in [0.5, 0.6) is 0 Å². The molecule has 0 bridgehead atoms. The zero-order valence-corrected chi connectivity index (χ0v) is 22.8. The summed E-state index contributed by atoms with van der Waals surface area (Å²) in [6.07, 6.45) is 2.61. The summed E-state index contributed by atoms with van der Waals surface area (Å²) in [6.45, 7) is 9.43. The molecule has 10 nitrogen and oxygen atoms in total. The van der Waals surface area contributed by atoms with Gasteiger partial charge in [-0.3, -0.25) is 9.59 Å². The molecule has 3 aromatic heterocycles. The molecule has 4 heterocycles. The average molecular weight is 549 g/mol. The molecule has 0 atom stereocenters. The van der Waals surface area contributed by atoms with Gasteiger partial charge in [0.1, 0.15) is 11.5 Å². The second-order valence-corrected chi connectivity index (χ2v) is 10.1. The third-order valence-corrected chi connectivity index (χ3v) is 7.77. The van der Waals surface area contributed by atoms with Gasteiger partial charge < -0.3 is 20.0 Å². The molecule has 5 rings (SSSR count). The van der Waals surface area contributed by atoms with E-state index in [0.717, 1.165) is 34.6 Å². The lowest BCUT2D eigenvalue weighted by Gasteiger charge is -2.34. The van der Waals surface area contributed by atoms with Crippen molar-refractivity contribution in [3.8, 4) is 11.3 Å². The van der Waals surface area contributed by atoms with Crippen LogP contribution in [0.1, 0.15) is 31.1 Å². The Kier molecular flexibility index (Phi) is 7.64. The number of nitrogens with one attached hydrogen (secondary N) is 1. The molecule has 0 aliphatic carbocycles. The maximum Gasteiger partial charge on any atom is 0.255 e. The van der Waals surface area contributed by atoms with Gasteiger partial charge in [0.05, 0.1) is 22.0 Å². The van der Waals surface area contributed by atoms with Gasteiger partial charge in [-0.1, -0.05) is 17.4 Å². The van der Waals surface area contributed by atoms with Crippen molar-refractivity contribution in [3.05, 3.63) is 54.1 Å². The van der Waals surface area contributed by atoms with Crippen LogP contribution in [0.3, 0.4) is 0 Å².